The molecule has 0 aromatic heterocycles. The lowest BCUT2D eigenvalue weighted by Crippen LogP contribution is -2.39. The first-order chi connectivity index (χ1) is 9.87. The first-order valence-electron chi connectivity index (χ1n) is 8.60. The SMILES string of the molecule is CC1(OC2CC3CCC2(C)C3(C)C)CC1c1ccccc1. The molecule has 4 rings (SSSR count). The molecule has 3 aliphatic carbocycles. The van der Waals surface area contributed by atoms with Crippen molar-refractivity contribution in [1.82, 2.24) is 0 Å². The molecule has 3 fully saturated rings. The van der Waals surface area contributed by atoms with Gasteiger partial charge in [0.2, 0.25) is 0 Å². The van der Waals surface area contributed by atoms with E-state index in [1.54, 1.807) is 0 Å². The monoisotopic (exact) mass is 284 g/mol. The van der Waals surface area contributed by atoms with E-state index in [4.69, 9.17) is 4.74 Å². The van der Waals surface area contributed by atoms with Gasteiger partial charge in [0, 0.05) is 5.92 Å². The van der Waals surface area contributed by atoms with E-state index >= 15 is 0 Å². The van der Waals surface area contributed by atoms with E-state index in [-0.39, 0.29) is 5.60 Å². The summed E-state index contributed by atoms with van der Waals surface area (Å²) < 4.78 is 6.75. The molecule has 0 radical (unpaired) electrons. The standard InChI is InChI=1S/C20H28O/c1-18(2)15-10-11-19(18,3)17(12-15)21-20(4)13-16(20)14-8-6-5-7-9-14/h5-9,15-17H,10-13H2,1-4H3. The summed E-state index contributed by atoms with van der Waals surface area (Å²) in [6.07, 6.45) is 5.68. The van der Waals surface area contributed by atoms with Crippen molar-refractivity contribution in [2.75, 3.05) is 0 Å². The zero-order chi connectivity index (χ0) is 14.9. The summed E-state index contributed by atoms with van der Waals surface area (Å²) in [5, 5.41) is 0. The smallest absolute Gasteiger partial charge is 0.0734 e. The zero-order valence-corrected chi connectivity index (χ0v) is 13.9. The predicted molar refractivity (Wildman–Crippen MR) is 86.3 cm³/mol. The highest BCUT2D eigenvalue weighted by molar-refractivity contribution is 5.31. The number of rotatable bonds is 3. The maximum atomic E-state index is 6.75. The third-order valence-corrected chi connectivity index (χ3v) is 7.51. The van der Waals surface area contributed by atoms with Gasteiger partial charge in [0.1, 0.15) is 0 Å². The first-order valence-corrected chi connectivity index (χ1v) is 8.60. The molecular formula is C20H28O. The fourth-order valence-corrected chi connectivity index (χ4v) is 5.27. The fraction of sp³-hybridized carbons (Fsp3) is 0.700. The van der Waals surface area contributed by atoms with Crippen LogP contribution in [-0.2, 0) is 4.74 Å². The summed E-state index contributed by atoms with van der Waals surface area (Å²) in [4.78, 5) is 0. The maximum Gasteiger partial charge on any atom is 0.0734 e. The molecule has 5 unspecified atom stereocenters. The number of benzene rings is 1. The second kappa shape index (κ2) is 4.13. The van der Waals surface area contributed by atoms with Crippen molar-refractivity contribution >= 4 is 0 Å². The Morgan fingerprint density at radius 2 is 1.76 bits per heavy atom. The van der Waals surface area contributed by atoms with Crippen LogP contribution in [0.5, 0.6) is 0 Å². The molecule has 0 saturated heterocycles. The van der Waals surface area contributed by atoms with Gasteiger partial charge in [-0.1, -0.05) is 51.1 Å². The summed E-state index contributed by atoms with van der Waals surface area (Å²) in [5.41, 5.74) is 2.36. The number of hydrogen-bond donors (Lipinski definition) is 0. The van der Waals surface area contributed by atoms with Crippen LogP contribution in [0, 0.1) is 16.7 Å². The van der Waals surface area contributed by atoms with E-state index < -0.39 is 0 Å². The van der Waals surface area contributed by atoms with Gasteiger partial charge in [-0.05, 0) is 54.9 Å². The van der Waals surface area contributed by atoms with Crippen LogP contribution in [0.1, 0.15) is 64.9 Å². The molecule has 1 heteroatoms. The largest absolute Gasteiger partial charge is 0.371 e. The minimum atomic E-state index is 0.0790. The normalized spacial score (nSPS) is 46.8. The van der Waals surface area contributed by atoms with Crippen molar-refractivity contribution in [3.63, 3.8) is 0 Å². The number of ether oxygens (including phenoxy) is 1. The average Bonchev–Trinajstić information content (AvgIpc) is 3.02. The predicted octanol–water partition coefficient (Wildman–Crippen LogP) is 5.16. The van der Waals surface area contributed by atoms with E-state index in [0.717, 1.165) is 5.92 Å². The molecule has 0 spiro atoms. The molecule has 1 nitrogen and oxygen atoms in total. The van der Waals surface area contributed by atoms with E-state index in [2.05, 4.69) is 58.0 Å². The molecule has 0 aliphatic heterocycles. The topological polar surface area (TPSA) is 9.23 Å². The van der Waals surface area contributed by atoms with Gasteiger partial charge in [-0.25, -0.2) is 0 Å². The van der Waals surface area contributed by atoms with E-state index in [9.17, 15) is 0 Å². The summed E-state index contributed by atoms with van der Waals surface area (Å²) in [6, 6.07) is 10.9. The van der Waals surface area contributed by atoms with E-state index in [1.165, 1.54) is 31.2 Å². The highest BCUT2D eigenvalue weighted by Crippen LogP contribution is 2.68. The lowest BCUT2D eigenvalue weighted by molar-refractivity contribution is -0.0945. The van der Waals surface area contributed by atoms with Gasteiger partial charge in [-0.3, -0.25) is 0 Å². The van der Waals surface area contributed by atoms with Crippen LogP contribution >= 0.6 is 0 Å². The van der Waals surface area contributed by atoms with Gasteiger partial charge < -0.3 is 4.74 Å². The highest BCUT2D eigenvalue weighted by Gasteiger charge is 2.65. The third kappa shape index (κ3) is 1.79. The Bertz CT molecular complexity index is 548. The van der Waals surface area contributed by atoms with Crippen LogP contribution in [0.4, 0.5) is 0 Å². The molecule has 0 N–H and O–H groups in total. The molecule has 0 heterocycles. The highest BCUT2D eigenvalue weighted by atomic mass is 16.5. The Hall–Kier alpha value is -0.820. The Morgan fingerprint density at radius 3 is 2.33 bits per heavy atom. The Morgan fingerprint density at radius 1 is 1.05 bits per heavy atom. The lowest BCUT2D eigenvalue weighted by atomic mass is 9.70. The zero-order valence-electron chi connectivity index (χ0n) is 13.9. The molecule has 3 aliphatic rings. The van der Waals surface area contributed by atoms with Crippen molar-refractivity contribution < 1.29 is 4.74 Å². The fourth-order valence-electron chi connectivity index (χ4n) is 5.27. The van der Waals surface area contributed by atoms with E-state index in [1.807, 2.05) is 0 Å². The minimum absolute atomic E-state index is 0.0790. The summed E-state index contributed by atoms with van der Waals surface area (Å²) in [7, 11) is 0. The van der Waals surface area contributed by atoms with Crippen molar-refractivity contribution in [1.29, 1.82) is 0 Å². The van der Waals surface area contributed by atoms with Gasteiger partial charge in [-0.2, -0.15) is 0 Å². The van der Waals surface area contributed by atoms with Crippen LogP contribution in [0.2, 0.25) is 0 Å². The van der Waals surface area contributed by atoms with Gasteiger partial charge in [0.25, 0.3) is 0 Å². The summed E-state index contributed by atoms with van der Waals surface area (Å²) in [6.45, 7) is 9.75. The molecule has 3 saturated carbocycles. The number of hydrogen-bond acceptors (Lipinski definition) is 1. The van der Waals surface area contributed by atoms with Gasteiger partial charge in [0.05, 0.1) is 11.7 Å². The average molecular weight is 284 g/mol. The van der Waals surface area contributed by atoms with Crippen molar-refractivity contribution in [3.05, 3.63) is 35.9 Å². The van der Waals surface area contributed by atoms with Gasteiger partial charge in [0.15, 0.2) is 0 Å². The molecule has 0 amide bonds. The molecule has 5 atom stereocenters. The van der Waals surface area contributed by atoms with Crippen LogP contribution < -0.4 is 0 Å². The van der Waals surface area contributed by atoms with Crippen LogP contribution in [0.25, 0.3) is 0 Å². The first kappa shape index (κ1) is 13.8. The third-order valence-electron chi connectivity index (χ3n) is 7.51. The van der Waals surface area contributed by atoms with Crippen molar-refractivity contribution in [2.45, 2.75) is 71.0 Å². The van der Waals surface area contributed by atoms with Crippen LogP contribution in [0.3, 0.4) is 0 Å². The quantitative estimate of drug-likeness (QED) is 0.744. The van der Waals surface area contributed by atoms with Gasteiger partial charge in [-0.15, -0.1) is 0 Å². The molecule has 2 bridgehead atoms. The van der Waals surface area contributed by atoms with Crippen molar-refractivity contribution in [3.8, 4) is 0 Å². The lowest BCUT2D eigenvalue weighted by Gasteiger charge is -2.40. The molecular weight excluding hydrogens is 256 g/mol. The van der Waals surface area contributed by atoms with E-state index in [0.29, 0.717) is 22.9 Å². The minimum Gasteiger partial charge on any atom is -0.371 e. The summed E-state index contributed by atoms with van der Waals surface area (Å²) in [5.74, 6) is 1.47. The van der Waals surface area contributed by atoms with Crippen molar-refractivity contribution in [2.24, 2.45) is 16.7 Å². The number of fused-ring (bicyclic) bond motifs is 2. The van der Waals surface area contributed by atoms with Crippen LogP contribution in [-0.4, -0.2) is 11.7 Å². The molecule has 1 aromatic carbocycles. The molecule has 114 valence electrons. The second-order valence-corrected chi connectivity index (χ2v) is 8.70. The molecule has 21 heavy (non-hydrogen) atoms. The van der Waals surface area contributed by atoms with Gasteiger partial charge >= 0.3 is 0 Å². The maximum absolute atomic E-state index is 6.75. The molecule has 1 aromatic rings. The Kier molecular flexibility index (Phi) is 2.72. The summed E-state index contributed by atoms with van der Waals surface area (Å²) >= 11 is 0. The van der Waals surface area contributed by atoms with Crippen LogP contribution in [0.15, 0.2) is 30.3 Å². The Balaban J connectivity index is 1.51. The Labute approximate surface area is 129 Å². The second-order valence-electron chi connectivity index (χ2n) is 8.70.